The van der Waals surface area contributed by atoms with Crippen LogP contribution in [0.5, 0.6) is 11.5 Å². The van der Waals surface area contributed by atoms with Gasteiger partial charge in [0.15, 0.2) is 0 Å². The Morgan fingerprint density at radius 3 is 2.05 bits per heavy atom. The van der Waals surface area contributed by atoms with Gasteiger partial charge in [0.25, 0.3) is 17.3 Å². The topological polar surface area (TPSA) is 137 Å². The van der Waals surface area contributed by atoms with Crippen LogP contribution >= 0.6 is 0 Å². The summed E-state index contributed by atoms with van der Waals surface area (Å²) in [6.07, 6.45) is 4.48. The van der Waals surface area contributed by atoms with Crippen molar-refractivity contribution in [3.05, 3.63) is 109 Å². The number of nitro benzene ring substituents is 2. The van der Waals surface area contributed by atoms with E-state index in [-0.39, 0.29) is 11.5 Å². The molecule has 3 aromatic carbocycles. The lowest BCUT2D eigenvalue weighted by atomic mass is 9.77. The molecule has 3 aromatic rings. The van der Waals surface area contributed by atoms with Crippen molar-refractivity contribution >= 4 is 29.1 Å². The van der Waals surface area contributed by atoms with Crippen LogP contribution in [0.15, 0.2) is 77.4 Å². The second kappa shape index (κ2) is 12.2. The van der Waals surface area contributed by atoms with Gasteiger partial charge in [-0.05, 0) is 80.2 Å². The summed E-state index contributed by atoms with van der Waals surface area (Å²) in [7, 11) is 0. The van der Waals surface area contributed by atoms with E-state index in [4.69, 9.17) is 14.6 Å². The number of rotatable bonds is 9. The molecule has 2 aliphatic rings. The quantitative estimate of drug-likeness (QED) is 0.205. The molecule has 2 atom stereocenters. The lowest BCUT2D eigenvalue weighted by Gasteiger charge is -2.29. The predicted octanol–water partition coefficient (Wildman–Crippen LogP) is 6.74. The Balaban J connectivity index is 1.58. The number of carbonyl (C=O) groups excluding carboxylic acids is 1. The molecule has 1 amide bonds. The summed E-state index contributed by atoms with van der Waals surface area (Å²) in [6, 6.07) is 17.6. The van der Waals surface area contributed by atoms with Gasteiger partial charge >= 0.3 is 0 Å². The normalized spacial score (nSPS) is 18.8. The summed E-state index contributed by atoms with van der Waals surface area (Å²) < 4.78 is 11.2. The van der Waals surface area contributed by atoms with Crippen molar-refractivity contribution in [3.63, 3.8) is 0 Å². The smallest absolute Gasteiger partial charge is 0.277 e. The van der Waals surface area contributed by atoms with Gasteiger partial charge in [-0.2, -0.15) is 5.10 Å². The summed E-state index contributed by atoms with van der Waals surface area (Å²) in [5.74, 6) is 0.677. The molecule has 5 rings (SSSR count). The van der Waals surface area contributed by atoms with Crippen LogP contribution < -0.4 is 9.47 Å². The number of ether oxygens (including phenoxy) is 2. The van der Waals surface area contributed by atoms with E-state index in [1.165, 1.54) is 5.01 Å². The van der Waals surface area contributed by atoms with Gasteiger partial charge in [0.1, 0.15) is 11.5 Å². The molecule has 2 unspecified atom stereocenters. The van der Waals surface area contributed by atoms with Crippen molar-refractivity contribution in [3.8, 4) is 11.5 Å². The summed E-state index contributed by atoms with van der Waals surface area (Å²) in [5, 5.41) is 29.2. The Kier molecular flexibility index (Phi) is 8.28. The highest BCUT2D eigenvalue weighted by Crippen LogP contribution is 2.45. The fourth-order valence-corrected chi connectivity index (χ4v) is 5.52. The molecule has 1 fully saturated rings. The largest absolute Gasteiger partial charge is 0.494 e. The van der Waals surface area contributed by atoms with E-state index in [0.717, 1.165) is 65.6 Å². The molecule has 11 nitrogen and oxygen atoms in total. The maximum atomic E-state index is 14.0. The van der Waals surface area contributed by atoms with Gasteiger partial charge in [-0.15, -0.1) is 0 Å². The minimum Gasteiger partial charge on any atom is -0.494 e. The first kappa shape index (κ1) is 28.5. The average Bonchev–Trinajstić information content (AvgIpc) is 3.39. The number of fused-ring (bicyclic) bond motifs is 1. The minimum atomic E-state index is -0.749. The molecule has 0 aromatic heterocycles. The van der Waals surface area contributed by atoms with E-state index in [9.17, 15) is 25.0 Å². The first-order chi connectivity index (χ1) is 20.3. The number of allylic oxidation sites excluding steroid dienone is 1. The van der Waals surface area contributed by atoms with Crippen LogP contribution in [0.2, 0.25) is 0 Å². The molecule has 0 radical (unpaired) electrons. The maximum Gasteiger partial charge on any atom is 0.277 e. The highest BCUT2D eigenvalue weighted by molar-refractivity contribution is 6.09. The first-order valence-corrected chi connectivity index (χ1v) is 13.8. The van der Waals surface area contributed by atoms with Crippen molar-refractivity contribution in [1.29, 1.82) is 0 Å². The molecule has 216 valence electrons. The van der Waals surface area contributed by atoms with Crippen molar-refractivity contribution < 1.29 is 24.1 Å². The van der Waals surface area contributed by atoms with E-state index in [0.29, 0.717) is 19.0 Å². The lowest BCUT2D eigenvalue weighted by Crippen LogP contribution is -2.32. The molecule has 1 aliphatic heterocycles. The van der Waals surface area contributed by atoms with Gasteiger partial charge in [0.2, 0.25) is 0 Å². The summed E-state index contributed by atoms with van der Waals surface area (Å²) >= 11 is 0. The Morgan fingerprint density at radius 2 is 1.50 bits per heavy atom. The van der Waals surface area contributed by atoms with Crippen molar-refractivity contribution in [2.75, 3.05) is 13.2 Å². The van der Waals surface area contributed by atoms with Crippen LogP contribution in [0.1, 0.15) is 60.6 Å². The molecular formula is C31H30N4O7. The number of amides is 1. The highest BCUT2D eigenvalue weighted by atomic mass is 16.6. The fraction of sp³-hybridized carbons (Fsp3) is 0.290. The first-order valence-electron chi connectivity index (χ1n) is 13.8. The van der Waals surface area contributed by atoms with Crippen LogP contribution in [0, 0.1) is 26.1 Å². The molecular weight excluding hydrogens is 540 g/mol. The standard InChI is InChI=1S/C31H30N4O7/c1-3-41-26-12-8-20(9-13-26)16-22-6-5-7-28-29(22)32-33(30(28)21-10-14-27(15-11-21)42-4-2)31(36)23-17-24(34(37)38)19-25(18-23)35(39)40/h8-19,28,30H,3-7H2,1-2H3. The molecule has 1 saturated carbocycles. The summed E-state index contributed by atoms with van der Waals surface area (Å²) in [4.78, 5) is 35.5. The van der Waals surface area contributed by atoms with Crippen LogP contribution in [0.3, 0.4) is 0 Å². The zero-order chi connectivity index (χ0) is 29.8. The van der Waals surface area contributed by atoms with Gasteiger partial charge in [-0.25, -0.2) is 5.01 Å². The Morgan fingerprint density at radius 1 is 0.929 bits per heavy atom. The average molecular weight is 571 g/mol. The Hall–Kier alpha value is -5.06. The number of hydrogen-bond acceptors (Lipinski definition) is 8. The van der Waals surface area contributed by atoms with Crippen LogP contribution in [-0.4, -0.2) is 39.7 Å². The van der Waals surface area contributed by atoms with E-state index in [2.05, 4.69) is 6.08 Å². The molecule has 1 heterocycles. The van der Waals surface area contributed by atoms with E-state index in [1.54, 1.807) is 0 Å². The molecule has 42 heavy (non-hydrogen) atoms. The molecule has 0 N–H and O–H groups in total. The zero-order valence-electron chi connectivity index (χ0n) is 23.3. The highest BCUT2D eigenvalue weighted by Gasteiger charge is 2.44. The Labute approximate surface area is 242 Å². The second-order valence-corrected chi connectivity index (χ2v) is 10.0. The van der Waals surface area contributed by atoms with Crippen LogP contribution in [-0.2, 0) is 0 Å². The number of hydrazone groups is 1. The predicted molar refractivity (Wildman–Crippen MR) is 157 cm³/mol. The second-order valence-electron chi connectivity index (χ2n) is 10.0. The number of benzene rings is 3. The molecule has 1 aliphatic carbocycles. The van der Waals surface area contributed by atoms with Gasteiger partial charge in [-0.1, -0.05) is 24.3 Å². The van der Waals surface area contributed by atoms with Crippen LogP contribution in [0.4, 0.5) is 11.4 Å². The molecule has 0 saturated heterocycles. The van der Waals surface area contributed by atoms with E-state index < -0.39 is 33.2 Å². The molecule has 0 spiro atoms. The Bertz CT molecular complexity index is 1530. The van der Waals surface area contributed by atoms with Gasteiger partial charge in [0, 0.05) is 18.1 Å². The van der Waals surface area contributed by atoms with E-state index in [1.807, 2.05) is 62.4 Å². The van der Waals surface area contributed by atoms with Crippen molar-refractivity contribution in [2.24, 2.45) is 11.0 Å². The van der Waals surface area contributed by atoms with Crippen LogP contribution in [0.25, 0.3) is 6.08 Å². The lowest BCUT2D eigenvalue weighted by molar-refractivity contribution is -0.394. The third kappa shape index (κ3) is 5.85. The summed E-state index contributed by atoms with van der Waals surface area (Å²) in [6.45, 7) is 4.90. The van der Waals surface area contributed by atoms with Crippen molar-refractivity contribution in [1.82, 2.24) is 5.01 Å². The number of nitrogens with zero attached hydrogens (tertiary/aromatic N) is 4. The van der Waals surface area contributed by atoms with E-state index >= 15 is 0 Å². The zero-order valence-corrected chi connectivity index (χ0v) is 23.3. The molecule has 11 heteroatoms. The van der Waals surface area contributed by atoms with Gasteiger partial charge in [0.05, 0.1) is 46.4 Å². The fourth-order valence-electron chi connectivity index (χ4n) is 5.52. The number of nitro groups is 2. The number of hydrogen-bond donors (Lipinski definition) is 0. The van der Waals surface area contributed by atoms with Gasteiger partial charge < -0.3 is 9.47 Å². The summed E-state index contributed by atoms with van der Waals surface area (Å²) in [5.41, 5.74) is 2.29. The SMILES string of the molecule is CCOc1ccc(C=C2CCCC3C2=NN(C(=O)c2cc([N+](=O)[O-])cc([N+](=O)[O-])c2)C3c2ccc(OCC)cc2)cc1. The minimum absolute atomic E-state index is 0.136. The number of carbonyl (C=O) groups is 1. The maximum absolute atomic E-state index is 14.0. The van der Waals surface area contributed by atoms with Crippen molar-refractivity contribution in [2.45, 2.75) is 39.2 Å². The molecule has 0 bridgehead atoms. The third-order valence-electron chi connectivity index (χ3n) is 7.35. The third-order valence-corrected chi connectivity index (χ3v) is 7.35. The van der Waals surface area contributed by atoms with Gasteiger partial charge in [-0.3, -0.25) is 25.0 Å². The monoisotopic (exact) mass is 570 g/mol. The number of non-ortho nitro benzene ring substituents is 2.